The molecule has 6 heteroatoms. The molecule has 6 nitrogen and oxygen atoms in total. The monoisotopic (exact) mass is 383 g/mol. The highest BCUT2D eigenvalue weighted by Crippen LogP contribution is 2.63. The molecule has 4 bridgehead atoms. The molecule has 6 rings (SSSR count). The fourth-order valence-corrected chi connectivity index (χ4v) is 6.86. The molecule has 5 aliphatic rings. The summed E-state index contributed by atoms with van der Waals surface area (Å²) in [6.07, 6.45) is 5.53. The average molecular weight is 383 g/mol. The Bertz CT molecular complexity index is 789. The topological polar surface area (TPSA) is 77.7 Å². The lowest BCUT2D eigenvalue weighted by Crippen LogP contribution is -2.74. The van der Waals surface area contributed by atoms with Crippen LogP contribution in [0.2, 0.25) is 0 Å². The van der Waals surface area contributed by atoms with Crippen molar-refractivity contribution in [2.24, 2.45) is 27.6 Å². The Morgan fingerprint density at radius 1 is 1.07 bits per heavy atom. The van der Waals surface area contributed by atoms with Crippen molar-refractivity contribution in [3.8, 4) is 0 Å². The Morgan fingerprint density at radius 2 is 1.86 bits per heavy atom. The molecule has 5 fully saturated rings. The quantitative estimate of drug-likeness (QED) is 0.621. The molecule has 0 radical (unpaired) electrons. The minimum absolute atomic E-state index is 0.0937. The molecule has 1 heterocycles. The number of rotatable bonds is 3. The van der Waals surface area contributed by atoms with Gasteiger partial charge in [-0.05, 0) is 43.6 Å². The predicted molar refractivity (Wildman–Crippen MR) is 106 cm³/mol. The summed E-state index contributed by atoms with van der Waals surface area (Å²) in [4.78, 5) is 2.56. The van der Waals surface area contributed by atoms with Gasteiger partial charge < -0.3 is 15.2 Å². The zero-order valence-electron chi connectivity index (χ0n) is 16.3. The number of nitrogens with zero attached hydrogens (tertiary/aromatic N) is 3. The van der Waals surface area contributed by atoms with Crippen molar-refractivity contribution in [2.75, 3.05) is 26.3 Å². The lowest BCUT2D eigenvalue weighted by atomic mass is 9.42. The van der Waals surface area contributed by atoms with Crippen molar-refractivity contribution in [2.45, 2.75) is 44.1 Å². The molecule has 4 atom stereocenters. The Labute approximate surface area is 165 Å². The number of benzene rings is 1. The van der Waals surface area contributed by atoms with Crippen molar-refractivity contribution in [1.82, 2.24) is 4.90 Å². The maximum absolute atomic E-state index is 10.0. The van der Waals surface area contributed by atoms with Crippen LogP contribution in [-0.2, 0) is 11.2 Å². The number of oxime groups is 2. The molecule has 0 amide bonds. The van der Waals surface area contributed by atoms with Crippen LogP contribution in [0.5, 0.6) is 0 Å². The summed E-state index contributed by atoms with van der Waals surface area (Å²) in [6, 6.07) is 10.5. The van der Waals surface area contributed by atoms with Gasteiger partial charge in [0.1, 0.15) is 0 Å². The molecule has 1 aromatic carbocycles. The maximum atomic E-state index is 10.0. The molecule has 4 saturated carbocycles. The fourth-order valence-electron chi connectivity index (χ4n) is 6.86. The van der Waals surface area contributed by atoms with Crippen LogP contribution in [0.15, 0.2) is 40.6 Å². The van der Waals surface area contributed by atoms with Gasteiger partial charge in [0.05, 0.1) is 24.6 Å². The van der Waals surface area contributed by atoms with E-state index in [0.717, 1.165) is 76.3 Å². The first-order valence-corrected chi connectivity index (χ1v) is 10.5. The summed E-state index contributed by atoms with van der Waals surface area (Å²) in [6.45, 7) is 3.29. The van der Waals surface area contributed by atoms with Crippen LogP contribution < -0.4 is 0 Å². The Morgan fingerprint density at radius 3 is 2.57 bits per heavy atom. The van der Waals surface area contributed by atoms with E-state index in [4.69, 9.17) is 4.74 Å². The van der Waals surface area contributed by atoms with Crippen molar-refractivity contribution >= 4 is 11.4 Å². The van der Waals surface area contributed by atoms with E-state index in [-0.39, 0.29) is 16.9 Å². The Balaban J connectivity index is 1.58. The van der Waals surface area contributed by atoms with Crippen molar-refractivity contribution in [3.05, 3.63) is 35.9 Å². The van der Waals surface area contributed by atoms with E-state index in [0.29, 0.717) is 5.92 Å². The molecule has 28 heavy (non-hydrogen) atoms. The second-order valence-electron chi connectivity index (χ2n) is 9.04. The molecule has 0 spiro atoms. The maximum Gasteiger partial charge on any atom is 0.0654 e. The van der Waals surface area contributed by atoms with Crippen molar-refractivity contribution in [3.63, 3.8) is 0 Å². The number of hydrogen-bond donors (Lipinski definition) is 2. The first-order chi connectivity index (χ1) is 13.7. The van der Waals surface area contributed by atoms with E-state index in [1.807, 2.05) is 6.07 Å². The smallest absolute Gasteiger partial charge is 0.0654 e. The summed E-state index contributed by atoms with van der Waals surface area (Å²) in [7, 11) is 0. The normalized spacial score (nSPS) is 40.9. The molecule has 1 aromatic rings. The van der Waals surface area contributed by atoms with Crippen LogP contribution >= 0.6 is 0 Å². The number of fused-ring (bicyclic) bond motifs is 1. The second kappa shape index (κ2) is 6.85. The van der Waals surface area contributed by atoms with Gasteiger partial charge >= 0.3 is 0 Å². The molecule has 0 aromatic heterocycles. The van der Waals surface area contributed by atoms with Crippen LogP contribution in [0.1, 0.15) is 37.7 Å². The van der Waals surface area contributed by atoms with Gasteiger partial charge in [0.25, 0.3) is 0 Å². The largest absolute Gasteiger partial charge is 0.411 e. The highest BCUT2D eigenvalue weighted by atomic mass is 16.5. The minimum atomic E-state index is -0.143. The van der Waals surface area contributed by atoms with Gasteiger partial charge in [0, 0.05) is 36.4 Å². The minimum Gasteiger partial charge on any atom is -0.411 e. The zero-order valence-corrected chi connectivity index (χ0v) is 16.3. The standard InChI is InChI=1S/C22H29N3O3/c26-23-19-7-6-17-13-21(12-16-4-2-1-3-5-16)14-18(19)22(17,15-20(21)24-27)25-8-10-28-11-9-25/h1-5,17-18,26-27H,6-15H2/b23-19+,24-20+/t17-,18+,21+,22-/m0/s1. The fraction of sp³-hybridized carbons (Fsp3) is 0.636. The first-order valence-electron chi connectivity index (χ1n) is 10.5. The van der Waals surface area contributed by atoms with Gasteiger partial charge in [-0.1, -0.05) is 40.6 Å². The van der Waals surface area contributed by atoms with E-state index < -0.39 is 0 Å². The first kappa shape index (κ1) is 18.1. The van der Waals surface area contributed by atoms with Gasteiger partial charge in [-0.25, -0.2) is 0 Å². The third-order valence-electron chi connectivity index (χ3n) is 7.99. The third kappa shape index (κ3) is 2.54. The number of morpholine rings is 1. The third-order valence-corrected chi connectivity index (χ3v) is 7.99. The molecule has 1 saturated heterocycles. The average Bonchev–Trinajstić information content (AvgIpc) is 2.75. The van der Waals surface area contributed by atoms with Gasteiger partial charge in [0.2, 0.25) is 0 Å². The van der Waals surface area contributed by atoms with Crippen molar-refractivity contribution in [1.29, 1.82) is 0 Å². The summed E-state index contributed by atoms with van der Waals surface area (Å²) < 4.78 is 5.62. The second-order valence-corrected chi connectivity index (χ2v) is 9.04. The van der Waals surface area contributed by atoms with Crippen LogP contribution in [0.3, 0.4) is 0 Å². The van der Waals surface area contributed by atoms with Gasteiger partial charge in [-0.2, -0.15) is 0 Å². The van der Waals surface area contributed by atoms with Crippen LogP contribution in [-0.4, -0.2) is 58.6 Å². The molecule has 4 aliphatic carbocycles. The van der Waals surface area contributed by atoms with E-state index >= 15 is 0 Å². The van der Waals surface area contributed by atoms with Crippen LogP contribution in [0, 0.1) is 17.3 Å². The highest BCUT2D eigenvalue weighted by molar-refractivity contribution is 5.98. The SMILES string of the molecule is O/N=C1\CC[C@H]2C[C@]3(Cc4ccccc4)C[C@H]1[C@]2(N1CCOCC1)C/C3=N\O. The number of hydrogen-bond acceptors (Lipinski definition) is 6. The highest BCUT2D eigenvalue weighted by Gasteiger charge is 2.67. The number of ether oxygens (including phenoxy) is 1. The van der Waals surface area contributed by atoms with E-state index in [9.17, 15) is 10.4 Å². The van der Waals surface area contributed by atoms with Crippen LogP contribution in [0.4, 0.5) is 0 Å². The van der Waals surface area contributed by atoms with Gasteiger partial charge in [-0.3, -0.25) is 4.90 Å². The van der Waals surface area contributed by atoms with Crippen molar-refractivity contribution < 1.29 is 15.2 Å². The van der Waals surface area contributed by atoms with E-state index in [1.165, 1.54) is 5.56 Å². The van der Waals surface area contributed by atoms with E-state index in [2.05, 4.69) is 39.5 Å². The van der Waals surface area contributed by atoms with E-state index in [1.54, 1.807) is 0 Å². The Kier molecular flexibility index (Phi) is 4.43. The lowest BCUT2D eigenvalue weighted by molar-refractivity contribution is -0.114. The molecular weight excluding hydrogens is 354 g/mol. The molecular formula is C22H29N3O3. The molecule has 0 unspecified atom stereocenters. The summed E-state index contributed by atoms with van der Waals surface area (Å²) >= 11 is 0. The van der Waals surface area contributed by atoms with Gasteiger partial charge in [-0.15, -0.1) is 0 Å². The van der Waals surface area contributed by atoms with Crippen LogP contribution in [0.25, 0.3) is 0 Å². The Hall–Kier alpha value is -1.92. The molecule has 2 N–H and O–H groups in total. The zero-order chi connectivity index (χ0) is 19.2. The summed E-state index contributed by atoms with van der Waals surface area (Å²) in [5.74, 6) is 0.751. The van der Waals surface area contributed by atoms with Gasteiger partial charge in [0.15, 0.2) is 0 Å². The summed E-state index contributed by atoms with van der Waals surface area (Å²) in [5, 5.41) is 27.5. The predicted octanol–water partition coefficient (Wildman–Crippen LogP) is 3.17. The molecule has 150 valence electrons. The summed E-state index contributed by atoms with van der Waals surface area (Å²) in [5.41, 5.74) is 2.93. The molecule has 1 aliphatic heterocycles. The lowest BCUT2D eigenvalue weighted by Gasteiger charge is -2.67.